The lowest BCUT2D eigenvalue weighted by Crippen LogP contribution is -2.44. The first-order valence-corrected chi connectivity index (χ1v) is 17.8. The van der Waals surface area contributed by atoms with Crippen LogP contribution in [-0.4, -0.2) is 10.4 Å². The largest absolute Gasteiger partial charge is 0.350 e. The van der Waals surface area contributed by atoms with E-state index in [0.717, 1.165) is 28.2 Å². The fourth-order valence-electron chi connectivity index (χ4n) is 7.44. The standard InChI is InChI=1S/C45H32N4S/c1-3-12-29(13-4-1)30-22-24-32(25-23-30)44-46-43(31-14-5-2-6-15-31)47-45(48-44)33-16-11-17-34(26-33)49-39-20-9-7-18-35(39)37-27-38-36-19-8-10-21-41(36)50-42(38)28-40(37)49/h1-28,43,45,47H,(H,46,48). The molecule has 2 N–H and O–H groups in total. The smallest absolute Gasteiger partial charge is 0.131 e. The molecule has 0 fully saturated rings. The van der Waals surface area contributed by atoms with Crippen molar-refractivity contribution in [3.63, 3.8) is 0 Å². The molecule has 1 aliphatic rings. The van der Waals surface area contributed by atoms with E-state index in [0.29, 0.717) is 0 Å². The second-order valence-corrected chi connectivity index (χ2v) is 14.0. The minimum absolute atomic E-state index is 0.111. The Morgan fingerprint density at radius 3 is 2.00 bits per heavy atom. The summed E-state index contributed by atoms with van der Waals surface area (Å²) in [4.78, 5) is 5.30. The number of para-hydroxylation sites is 1. The number of nitrogens with one attached hydrogen (secondary N) is 2. The normalized spacial score (nSPS) is 16.2. The van der Waals surface area contributed by atoms with Crippen LogP contribution in [0.15, 0.2) is 175 Å². The Bertz CT molecular complexity index is 2710. The van der Waals surface area contributed by atoms with Crippen molar-refractivity contribution in [2.75, 3.05) is 0 Å². The first kappa shape index (κ1) is 29.0. The zero-order valence-electron chi connectivity index (χ0n) is 27.1. The quantitative estimate of drug-likeness (QED) is 0.193. The number of benzene rings is 7. The van der Waals surface area contributed by atoms with Gasteiger partial charge in [0, 0.05) is 42.2 Å². The molecule has 3 heterocycles. The third-order valence-corrected chi connectivity index (χ3v) is 11.0. The molecule has 2 unspecified atom stereocenters. The van der Waals surface area contributed by atoms with E-state index in [9.17, 15) is 0 Å². The van der Waals surface area contributed by atoms with E-state index < -0.39 is 0 Å². The van der Waals surface area contributed by atoms with Crippen LogP contribution in [0.3, 0.4) is 0 Å². The highest BCUT2D eigenvalue weighted by atomic mass is 32.1. The number of hydrogen-bond acceptors (Lipinski definition) is 4. The van der Waals surface area contributed by atoms with Gasteiger partial charge in [-0.3, -0.25) is 5.32 Å². The van der Waals surface area contributed by atoms with Gasteiger partial charge in [-0.2, -0.15) is 0 Å². The molecule has 238 valence electrons. The van der Waals surface area contributed by atoms with Crippen LogP contribution in [0.2, 0.25) is 0 Å². The van der Waals surface area contributed by atoms with Crippen LogP contribution in [0.5, 0.6) is 0 Å². The highest BCUT2D eigenvalue weighted by Gasteiger charge is 2.26. The summed E-state index contributed by atoms with van der Waals surface area (Å²) < 4.78 is 5.04. The van der Waals surface area contributed by atoms with Gasteiger partial charge < -0.3 is 9.88 Å². The molecule has 10 rings (SSSR count). The molecule has 7 aromatic carbocycles. The van der Waals surface area contributed by atoms with Crippen LogP contribution >= 0.6 is 11.3 Å². The summed E-state index contributed by atoms with van der Waals surface area (Å²) in [6.45, 7) is 0. The average Bonchev–Trinajstić information content (AvgIpc) is 3.72. The van der Waals surface area contributed by atoms with Gasteiger partial charge in [0.05, 0.1) is 11.0 Å². The molecule has 5 heteroatoms. The fraction of sp³-hybridized carbons (Fsp3) is 0.0444. The van der Waals surface area contributed by atoms with Crippen LogP contribution in [0.1, 0.15) is 29.0 Å². The number of nitrogens with zero attached hydrogens (tertiary/aromatic N) is 2. The predicted octanol–water partition coefficient (Wildman–Crippen LogP) is 11.2. The van der Waals surface area contributed by atoms with Crippen LogP contribution < -0.4 is 10.6 Å². The van der Waals surface area contributed by atoms with E-state index in [1.165, 1.54) is 53.1 Å². The van der Waals surface area contributed by atoms with Gasteiger partial charge in [-0.05, 0) is 58.7 Å². The monoisotopic (exact) mass is 660 g/mol. The zero-order chi connectivity index (χ0) is 33.0. The minimum atomic E-state index is -0.257. The molecule has 0 saturated carbocycles. The van der Waals surface area contributed by atoms with E-state index in [4.69, 9.17) is 4.99 Å². The van der Waals surface area contributed by atoms with Gasteiger partial charge in [0.1, 0.15) is 18.2 Å². The molecule has 0 bridgehead atoms. The minimum Gasteiger partial charge on any atom is -0.350 e. The first-order chi connectivity index (χ1) is 24.8. The maximum Gasteiger partial charge on any atom is 0.131 e. The molecule has 4 nitrogen and oxygen atoms in total. The number of aliphatic imine (C=N–C) groups is 1. The van der Waals surface area contributed by atoms with Crippen molar-refractivity contribution in [3.8, 4) is 16.8 Å². The molecule has 2 aromatic heterocycles. The molecule has 0 aliphatic carbocycles. The van der Waals surface area contributed by atoms with Gasteiger partial charge in [-0.1, -0.05) is 133 Å². The number of hydrogen-bond donors (Lipinski definition) is 2. The average molecular weight is 661 g/mol. The lowest BCUT2D eigenvalue weighted by molar-refractivity contribution is 0.409. The van der Waals surface area contributed by atoms with Gasteiger partial charge >= 0.3 is 0 Å². The summed E-state index contributed by atoms with van der Waals surface area (Å²) in [5, 5.41) is 12.7. The van der Waals surface area contributed by atoms with E-state index in [2.05, 4.69) is 185 Å². The lowest BCUT2D eigenvalue weighted by atomic mass is 10.0. The Balaban J connectivity index is 1.09. The number of amidine groups is 1. The number of rotatable bonds is 5. The highest BCUT2D eigenvalue weighted by molar-refractivity contribution is 7.25. The summed E-state index contributed by atoms with van der Waals surface area (Å²) in [5.74, 6) is 0.872. The van der Waals surface area contributed by atoms with Crippen molar-refractivity contribution in [1.82, 2.24) is 15.2 Å². The molecule has 0 radical (unpaired) electrons. The molecule has 0 saturated heterocycles. The maximum absolute atomic E-state index is 5.30. The first-order valence-electron chi connectivity index (χ1n) is 17.0. The summed E-state index contributed by atoms with van der Waals surface area (Å²) in [6, 6.07) is 60.9. The molecule has 9 aromatic rings. The number of thiophene rings is 1. The van der Waals surface area contributed by atoms with Crippen molar-refractivity contribution < 1.29 is 0 Å². The van der Waals surface area contributed by atoms with Crippen molar-refractivity contribution in [1.29, 1.82) is 0 Å². The van der Waals surface area contributed by atoms with E-state index >= 15 is 0 Å². The Kier molecular flexibility index (Phi) is 6.86. The number of aromatic nitrogens is 1. The molecule has 2 atom stereocenters. The topological polar surface area (TPSA) is 41.4 Å². The Hall–Kier alpha value is -6.01. The fourth-order valence-corrected chi connectivity index (χ4v) is 8.57. The molecule has 0 spiro atoms. The molecular formula is C45H32N4S. The van der Waals surface area contributed by atoms with Gasteiger partial charge in [0.2, 0.25) is 0 Å². The Morgan fingerprint density at radius 1 is 0.480 bits per heavy atom. The second kappa shape index (κ2) is 11.8. The van der Waals surface area contributed by atoms with Crippen LogP contribution in [0.4, 0.5) is 0 Å². The third-order valence-electron chi connectivity index (χ3n) is 9.88. The SMILES string of the molecule is c1ccc(-c2ccc(C3=NC(c4cccc(-n5c6ccccc6c6cc7c(cc65)sc5ccccc57)c4)NC(c4ccccc4)N3)cc2)cc1. The van der Waals surface area contributed by atoms with E-state index in [1.54, 1.807) is 0 Å². The summed E-state index contributed by atoms with van der Waals surface area (Å²) in [6.07, 6.45) is -0.367. The summed E-state index contributed by atoms with van der Waals surface area (Å²) in [7, 11) is 0. The van der Waals surface area contributed by atoms with Crippen molar-refractivity contribution in [2.45, 2.75) is 12.3 Å². The van der Waals surface area contributed by atoms with Crippen LogP contribution in [0, 0.1) is 0 Å². The van der Waals surface area contributed by atoms with Gasteiger partial charge in [-0.15, -0.1) is 11.3 Å². The van der Waals surface area contributed by atoms with Crippen LogP contribution in [0.25, 0.3) is 58.8 Å². The Morgan fingerprint density at radius 2 is 1.16 bits per heavy atom. The van der Waals surface area contributed by atoms with Crippen LogP contribution in [-0.2, 0) is 0 Å². The molecule has 0 amide bonds. The molecular weight excluding hydrogens is 629 g/mol. The Labute approximate surface area is 294 Å². The maximum atomic E-state index is 5.30. The second-order valence-electron chi connectivity index (χ2n) is 12.9. The van der Waals surface area contributed by atoms with Gasteiger partial charge in [0.25, 0.3) is 0 Å². The van der Waals surface area contributed by atoms with Crippen molar-refractivity contribution in [2.24, 2.45) is 4.99 Å². The van der Waals surface area contributed by atoms with Gasteiger partial charge in [0.15, 0.2) is 0 Å². The van der Waals surface area contributed by atoms with E-state index in [-0.39, 0.29) is 12.3 Å². The number of fused-ring (bicyclic) bond motifs is 6. The van der Waals surface area contributed by atoms with E-state index in [1.807, 2.05) is 11.3 Å². The molecule has 50 heavy (non-hydrogen) atoms. The summed E-state index contributed by atoms with van der Waals surface area (Å²) >= 11 is 1.86. The van der Waals surface area contributed by atoms with Crippen molar-refractivity contribution >= 4 is 59.2 Å². The van der Waals surface area contributed by atoms with Crippen molar-refractivity contribution in [3.05, 3.63) is 187 Å². The summed E-state index contributed by atoms with van der Waals surface area (Å²) in [5.41, 5.74) is 9.25. The predicted molar refractivity (Wildman–Crippen MR) is 210 cm³/mol. The molecule has 1 aliphatic heterocycles. The lowest BCUT2D eigenvalue weighted by Gasteiger charge is -2.32. The third kappa shape index (κ3) is 4.90. The highest BCUT2D eigenvalue weighted by Crippen LogP contribution is 2.41. The zero-order valence-corrected chi connectivity index (χ0v) is 27.9. The van der Waals surface area contributed by atoms with Gasteiger partial charge in [-0.25, -0.2) is 4.99 Å².